The van der Waals surface area contributed by atoms with Crippen LogP contribution in [0.5, 0.6) is 0 Å². The summed E-state index contributed by atoms with van der Waals surface area (Å²) in [5.74, 6) is 0. The maximum atomic E-state index is 5.87. The molecule has 1 heterocycles. The van der Waals surface area contributed by atoms with Gasteiger partial charge in [-0.1, -0.05) is 18.2 Å². The zero-order valence-corrected chi connectivity index (χ0v) is 9.62. The van der Waals surface area contributed by atoms with Gasteiger partial charge in [-0.05, 0) is 25.5 Å². The van der Waals surface area contributed by atoms with Gasteiger partial charge in [-0.2, -0.15) is 0 Å². The van der Waals surface area contributed by atoms with Crippen molar-refractivity contribution in [1.29, 1.82) is 0 Å². The van der Waals surface area contributed by atoms with Gasteiger partial charge in [0.05, 0.1) is 0 Å². The van der Waals surface area contributed by atoms with E-state index in [2.05, 4.69) is 49.7 Å². The first-order valence-corrected chi connectivity index (χ1v) is 5.39. The Morgan fingerprint density at radius 2 is 2.00 bits per heavy atom. The molecule has 2 N–H and O–H groups in total. The van der Waals surface area contributed by atoms with Crippen LogP contribution in [0.2, 0.25) is 0 Å². The lowest BCUT2D eigenvalue weighted by Crippen LogP contribution is -2.19. The van der Waals surface area contributed by atoms with Gasteiger partial charge >= 0.3 is 0 Å². The molecule has 0 saturated heterocycles. The second kappa shape index (κ2) is 3.70. The number of nitrogens with zero attached hydrogens (tertiary/aromatic N) is 1. The second-order valence-electron chi connectivity index (χ2n) is 4.33. The molecule has 1 aromatic carbocycles. The molecule has 0 fully saturated rings. The largest absolute Gasteiger partial charge is 0.347 e. The van der Waals surface area contributed by atoms with E-state index in [1.54, 1.807) is 0 Å². The molecular weight excluding hydrogens is 184 g/mol. The van der Waals surface area contributed by atoms with Crippen molar-refractivity contribution < 1.29 is 0 Å². The van der Waals surface area contributed by atoms with Crippen LogP contribution < -0.4 is 5.73 Å². The number of fused-ring (bicyclic) bond motifs is 1. The molecule has 2 nitrogen and oxygen atoms in total. The van der Waals surface area contributed by atoms with Gasteiger partial charge in [0.1, 0.15) is 0 Å². The summed E-state index contributed by atoms with van der Waals surface area (Å²) in [4.78, 5) is 0. The van der Waals surface area contributed by atoms with Crippen LogP contribution in [0.25, 0.3) is 10.9 Å². The summed E-state index contributed by atoms with van der Waals surface area (Å²) in [5, 5.41) is 1.34. The van der Waals surface area contributed by atoms with Gasteiger partial charge in [0.2, 0.25) is 0 Å². The van der Waals surface area contributed by atoms with E-state index >= 15 is 0 Å². The number of aryl methyl sites for hydroxylation is 2. The summed E-state index contributed by atoms with van der Waals surface area (Å²) in [5.41, 5.74) is 9.89. The monoisotopic (exact) mass is 202 g/mol. The van der Waals surface area contributed by atoms with E-state index < -0.39 is 0 Å². The van der Waals surface area contributed by atoms with Crippen LogP contribution in [-0.2, 0) is 13.5 Å². The zero-order chi connectivity index (χ0) is 11.0. The third-order valence-corrected chi connectivity index (χ3v) is 3.02. The molecule has 80 valence electrons. The fourth-order valence-corrected chi connectivity index (χ4v) is 2.23. The van der Waals surface area contributed by atoms with E-state index in [1.807, 2.05) is 0 Å². The summed E-state index contributed by atoms with van der Waals surface area (Å²) >= 11 is 0. The Morgan fingerprint density at radius 3 is 2.60 bits per heavy atom. The predicted octanol–water partition coefficient (Wildman–Crippen LogP) is 2.38. The zero-order valence-electron chi connectivity index (χ0n) is 9.62. The van der Waals surface area contributed by atoms with Gasteiger partial charge < -0.3 is 10.3 Å². The third-order valence-electron chi connectivity index (χ3n) is 3.02. The molecule has 1 unspecified atom stereocenters. The molecule has 2 rings (SSSR count). The van der Waals surface area contributed by atoms with Crippen LogP contribution in [0, 0.1) is 6.92 Å². The standard InChI is InChI=1S/C13H18N2/c1-9(14)8-13-10(2)11-6-4-5-7-12(11)15(13)3/h4-7,9H,8,14H2,1-3H3. The Labute approximate surface area is 90.7 Å². The first-order chi connectivity index (χ1) is 7.11. The molecule has 0 aliphatic heterocycles. The average molecular weight is 202 g/mol. The number of nitrogens with two attached hydrogens (primary N) is 1. The summed E-state index contributed by atoms with van der Waals surface area (Å²) in [7, 11) is 2.12. The van der Waals surface area contributed by atoms with E-state index in [-0.39, 0.29) is 6.04 Å². The topological polar surface area (TPSA) is 30.9 Å². The van der Waals surface area contributed by atoms with Crippen LogP contribution in [0.15, 0.2) is 24.3 Å². The molecule has 0 aliphatic rings. The van der Waals surface area contributed by atoms with Crippen molar-refractivity contribution in [2.24, 2.45) is 12.8 Å². The number of benzene rings is 1. The summed E-state index contributed by atoms with van der Waals surface area (Å²) in [6.45, 7) is 4.23. The Kier molecular flexibility index (Phi) is 2.53. The van der Waals surface area contributed by atoms with Gasteiger partial charge in [0, 0.05) is 36.1 Å². The molecule has 1 aromatic heterocycles. The van der Waals surface area contributed by atoms with E-state index in [1.165, 1.54) is 22.2 Å². The summed E-state index contributed by atoms with van der Waals surface area (Å²) in [6.07, 6.45) is 0.941. The molecule has 0 spiro atoms. The Hall–Kier alpha value is -1.28. The van der Waals surface area contributed by atoms with E-state index in [9.17, 15) is 0 Å². The molecule has 0 aliphatic carbocycles. The molecule has 0 amide bonds. The Bertz CT molecular complexity index is 441. The number of para-hydroxylation sites is 1. The average Bonchev–Trinajstić information content (AvgIpc) is 2.44. The second-order valence-corrected chi connectivity index (χ2v) is 4.33. The van der Waals surface area contributed by atoms with Gasteiger partial charge in [-0.3, -0.25) is 0 Å². The highest BCUT2D eigenvalue weighted by molar-refractivity contribution is 5.85. The Morgan fingerprint density at radius 1 is 1.33 bits per heavy atom. The summed E-state index contributed by atoms with van der Waals surface area (Å²) < 4.78 is 2.26. The van der Waals surface area contributed by atoms with Gasteiger partial charge in [0.25, 0.3) is 0 Å². The lowest BCUT2D eigenvalue weighted by Gasteiger charge is -2.08. The molecular formula is C13H18N2. The fraction of sp³-hybridized carbons (Fsp3) is 0.385. The van der Waals surface area contributed by atoms with Crippen molar-refractivity contribution in [2.45, 2.75) is 26.3 Å². The summed E-state index contributed by atoms with van der Waals surface area (Å²) in [6, 6.07) is 8.72. The first-order valence-electron chi connectivity index (χ1n) is 5.39. The molecule has 0 bridgehead atoms. The third kappa shape index (κ3) is 1.65. The van der Waals surface area contributed by atoms with E-state index in [4.69, 9.17) is 5.73 Å². The highest BCUT2D eigenvalue weighted by Gasteiger charge is 2.11. The van der Waals surface area contributed by atoms with Crippen molar-refractivity contribution in [3.05, 3.63) is 35.5 Å². The quantitative estimate of drug-likeness (QED) is 0.796. The molecule has 0 radical (unpaired) electrons. The van der Waals surface area contributed by atoms with E-state index in [0.717, 1.165) is 6.42 Å². The molecule has 2 heteroatoms. The minimum atomic E-state index is 0.215. The van der Waals surface area contributed by atoms with Crippen LogP contribution in [0.1, 0.15) is 18.2 Å². The molecule has 1 atom stereocenters. The van der Waals surface area contributed by atoms with Crippen LogP contribution in [0.4, 0.5) is 0 Å². The first kappa shape index (κ1) is 10.2. The number of aromatic nitrogens is 1. The number of hydrogen-bond donors (Lipinski definition) is 1. The Balaban J connectivity index is 2.64. The minimum absolute atomic E-state index is 0.215. The fourth-order valence-electron chi connectivity index (χ4n) is 2.23. The maximum Gasteiger partial charge on any atom is 0.0482 e. The van der Waals surface area contributed by atoms with Gasteiger partial charge in [-0.15, -0.1) is 0 Å². The van der Waals surface area contributed by atoms with Crippen molar-refractivity contribution in [3.63, 3.8) is 0 Å². The highest BCUT2D eigenvalue weighted by Crippen LogP contribution is 2.24. The number of rotatable bonds is 2. The predicted molar refractivity (Wildman–Crippen MR) is 65.0 cm³/mol. The van der Waals surface area contributed by atoms with Crippen LogP contribution in [-0.4, -0.2) is 10.6 Å². The van der Waals surface area contributed by atoms with Gasteiger partial charge in [-0.25, -0.2) is 0 Å². The van der Waals surface area contributed by atoms with Crippen LogP contribution in [0.3, 0.4) is 0 Å². The van der Waals surface area contributed by atoms with Gasteiger partial charge in [0.15, 0.2) is 0 Å². The van der Waals surface area contributed by atoms with E-state index in [0.29, 0.717) is 0 Å². The van der Waals surface area contributed by atoms with Crippen molar-refractivity contribution in [2.75, 3.05) is 0 Å². The smallest absolute Gasteiger partial charge is 0.0482 e. The van der Waals surface area contributed by atoms with Crippen molar-refractivity contribution in [3.8, 4) is 0 Å². The molecule has 2 aromatic rings. The normalized spacial score (nSPS) is 13.3. The molecule has 0 saturated carbocycles. The van der Waals surface area contributed by atoms with Crippen LogP contribution >= 0.6 is 0 Å². The minimum Gasteiger partial charge on any atom is -0.347 e. The van der Waals surface area contributed by atoms with Crippen molar-refractivity contribution >= 4 is 10.9 Å². The lowest BCUT2D eigenvalue weighted by molar-refractivity contribution is 0.693. The lowest BCUT2D eigenvalue weighted by atomic mass is 10.1. The SMILES string of the molecule is Cc1c(CC(C)N)n(C)c2ccccc12. The molecule has 15 heavy (non-hydrogen) atoms. The highest BCUT2D eigenvalue weighted by atomic mass is 15.0. The maximum absolute atomic E-state index is 5.87. The number of hydrogen-bond acceptors (Lipinski definition) is 1. The van der Waals surface area contributed by atoms with Crippen molar-refractivity contribution in [1.82, 2.24) is 4.57 Å².